The van der Waals surface area contributed by atoms with E-state index in [1.807, 2.05) is 55.5 Å². The number of fused-ring (bicyclic) bond motifs is 1. The van der Waals surface area contributed by atoms with Crippen molar-refractivity contribution in [2.45, 2.75) is 43.6 Å². The Balaban J connectivity index is 1.52. The molecular formula is C23H25N3O3S. The number of carbonyl (C=O) groups is 1. The van der Waals surface area contributed by atoms with E-state index in [1.165, 1.54) is 11.8 Å². The molecule has 30 heavy (non-hydrogen) atoms. The molecule has 0 unspecified atom stereocenters. The van der Waals surface area contributed by atoms with E-state index in [0.29, 0.717) is 22.6 Å². The van der Waals surface area contributed by atoms with Gasteiger partial charge in [0, 0.05) is 6.61 Å². The molecule has 1 aliphatic heterocycles. The molecule has 1 aromatic heterocycles. The third-order valence-corrected chi connectivity index (χ3v) is 6.22. The lowest BCUT2D eigenvalue weighted by molar-refractivity contribution is -0.119. The van der Waals surface area contributed by atoms with Gasteiger partial charge in [0.2, 0.25) is 5.91 Å². The van der Waals surface area contributed by atoms with Crippen molar-refractivity contribution in [3.8, 4) is 0 Å². The molecule has 0 bridgehead atoms. The Labute approximate surface area is 179 Å². The number of amides is 1. The summed E-state index contributed by atoms with van der Waals surface area (Å²) in [6, 6.07) is 17.1. The zero-order valence-electron chi connectivity index (χ0n) is 16.9. The zero-order chi connectivity index (χ0) is 20.9. The number of nitrogens with one attached hydrogen (secondary N) is 1. The second-order valence-corrected chi connectivity index (χ2v) is 8.39. The van der Waals surface area contributed by atoms with Crippen LogP contribution in [0.5, 0.6) is 0 Å². The normalized spacial score (nSPS) is 17.2. The maximum atomic E-state index is 13.1. The summed E-state index contributed by atoms with van der Waals surface area (Å²) < 4.78 is 7.39. The van der Waals surface area contributed by atoms with Crippen molar-refractivity contribution in [2.75, 3.05) is 12.4 Å². The molecule has 1 N–H and O–H groups in total. The molecule has 2 atom stereocenters. The first-order chi connectivity index (χ1) is 14.6. The number of aromatic nitrogens is 2. The minimum absolute atomic E-state index is 0.0111. The molecule has 0 aliphatic carbocycles. The Kier molecular flexibility index (Phi) is 6.50. The van der Waals surface area contributed by atoms with Gasteiger partial charge >= 0.3 is 0 Å². The number of thioether (sulfide) groups is 1. The molecule has 1 saturated heterocycles. The van der Waals surface area contributed by atoms with Gasteiger partial charge in [-0.25, -0.2) is 4.98 Å². The average Bonchev–Trinajstić information content (AvgIpc) is 3.28. The number of hydrogen-bond acceptors (Lipinski definition) is 5. The van der Waals surface area contributed by atoms with Crippen LogP contribution in [-0.4, -0.2) is 33.9 Å². The first-order valence-corrected chi connectivity index (χ1v) is 11.2. The van der Waals surface area contributed by atoms with Crippen molar-refractivity contribution in [1.82, 2.24) is 14.9 Å². The van der Waals surface area contributed by atoms with E-state index in [-0.39, 0.29) is 29.4 Å². The summed E-state index contributed by atoms with van der Waals surface area (Å²) in [6.07, 6.45) is 1.94. The lowest BCUT2D eigenvalue weighted by Gasteiger charge is -2.17. The Morgan fingerprint density at radius 2 is 2.00 bits per heavy atom. The van der Waals surface area contributed by atoms with E-state index in [0.717, 1.165) is 25.0 Å². The Bertz CT molecular complexity index is 1080. The molecular weight excluding hydrogens is 398 g/mol. The molecule has 3 aromatic rings. The van der Waals surface area contributed by atoms with Crippen LogP contribution in [0.2, 0.25) is 0 Å². The number of benzene rings is 2. The highest BCUT2D eigenvalue weighted by Gasteiger charge is 2.21. The molecule has 1 aliphatic rings. The number of para-hydroxylation sites is 1. The third-order valence-electron chi connectivity index (χ3n) is 5.25. The first kappa shape index (κ1) is 20.6. The SMILES string of the molecule is C[C@H](NC(=O)CSc1nc2ccccc2c(=O)n1C[C@@H]1CCCO1)c1ccccc1. The van der Waals surface area contributed by atoms with Crippen molar-refractivity contribution in [3.05, 3.63) is 70.5 Å². The van der Waals surface area contributed by atoms with Crippen LogP contribution >= 0.6 is 11.8 Å². The number of ether oxygens (including phenoxy) is 1. The molecule has 0 radical (unpaired) electrons. The maximum absolute atomic E-state index is 13.1. The van der Waals surface area contributed by atoms with Crippen LogP contribution in [-0.2, 0) is 16.1 Å². The fraction of sp³-hybridized carbons (Fsp3) is 0.348. The van der Waals surface area contributed by atoms with Crippen LogP contribution < -0.4 is 10.9 Å². The Morgan fingerprint density at radius 1 is 1.23 bits per heavy atom. The quantitative estimate of drug-likeness (QED) is 0.465. The summed E-state index contributed by atoms with van der Waals surface area (Å²) in [5.41, 5.74) is 1.61. The highest BCUT2D eigenvalue weighted by molar-refractivity contribution is 7.99. The van der Waals surface area contributed by atoms with Crippen LogP contribution in [0.25, 0.3) is 10.9 Å². The molecule has 2 aromatic carbocycles. The summed E-state index contributed by atoms with van der Waals surface area (Å²) in [7, 11) is 0. The summed E-state index contributed by atoms with van der Waals surface area (Å²) in [5.74, 6) is 0.0930. The molecule has 2 heterocycles. The minimum atomic E-state index is -0.0950. The van der Waals surface area contributed by atoms with E-state index < -0.39 is 0 Å². The summed E-state index contributed by atoms with van der Waals surface area (Å²) in [6.45, 7) is 3.14. The molecule has 0 saturated carbocycles. The van der Waals surface area contributed by atoms with Gasteiger partial charge in [-0.1, -0.05) is 54.2 Å². The molecule has 1 amide bonds. The van der Waals surface area contributed by atoms with Crippen molar-refractivity contribution >= 4 is 28.6 Å². The Morgan fingerprint density at radius 3 is 2.77 bits per heavy atom. The van der Waals surface area contributed by atoms with Gasteiger partial charge in [0.1, 0.15) is 0 Å². The zero-order valence-corrected chi connectivity index (χ0v) is 17.7. The monoisotopic (exact) mass is 423 g/mol. The number of rotatable bonds is 7. The summed E-state index contributed by atoms with van der Waals surface area (Å²) in [5, 5.41) is 4.15. The van der Waals surface area contributed by atoms with Gasteiger partial charge in [0.25, 0.3) is 5.56 Å². The second-order valence-electron chi connectivity index (χ2n) is 7.45. The van der Waals surface area contributed by atoms with Crippen molar-refractivity contribution in [2.24, 2.45) is 0 Å². The largest absolute Gasteiger partial charge is 0.376 e. The van der Waals surface area contributed by atoms with E-state index in [2.05, 4.69) is 10.3 Å². The summed E-state index contributed by atoms with van der Waals surface area (Å²) >= 11 is 1.29. The Hall–Kier alpha value is -2.64. The van der Waals surface area contributed by atoms with Gasteiger partial charge < -0.3 is 10.1 Å². The van der Waals surface area contributed by atoms with Crippen LogP contribution in [0.4, 0.5) is 0 Å². The van der Waals surface area contributed by atoms with Crippen LogP contribution in [0.15, 0.2) is 64.5 Å². The van der Waals surface area contributed by atoms with Crippen molar-refractivity contribution in [1.29, 1.82) is 0 Å². The van der Waals surface area contributed by atoms with E-state index in [9.17, 15) is 9.59 Å². The highest BCUT2D eigenvalue weighted by atomic mass is 32.2. The molecule has 7 heteroatoms. The van der Waals surface area contributed by atoms with E-state index >= 15 is 0 Å². The van der Waals surface area contributed by atoms with Gasteiger partial charge in [-0.15, -0.1) is 0 Å². The fourth-order valence-electron chi connectivity index (χ4n) is 3.65. The van der Waals surface area contributed by atoms with Gasteiger partial charge in [-0.2, -0.15) is 0 Å². The molecule has 4 rings (SSSR count). The van der Waals surface area contributed by atoms with E-state index in [1.54, 1.807) is 10.6 Å². The second kappa shape index (κ2) is 9.45. The van der Waals surface area contributed by atoms with Crippen molar-refractivity contribution in [3.63, 3.8) is 0 Å². The molecule has 0 spiro atoms. The minimum Gasteiger partial charge on any atom is -0.376 e. The van der Waals surface area contributed by atoms with E-state index in [4.69, 9.17) is 4.74 Å². The molecule has 1 fully saturated rings. The first-order valence-electron chi connectivity index (χ1n) is 10.2. The third kappa shape index (κ3) is 4.74. The lowest BCUT2D eigenvalue weighted by Crippen LogP contribution is -2.30. The average molecular weight is 424 g/mol. The summed E-state index contributed by atoms with van der Waals surface area (Å²) in [4.78, 5) is 30.3. The maximum Gasteiger partial charge on any atom is 0.262 e. The van der Waals surface area contributed by atoms with Gasteiger partial charge in [-0.3, -0.25) is 14.2 Å². The smallest absolute Gasteiger partial charge is 0.262 e. The van der Waals surface area contributed by atoms with Gasteiger partial charge in [0.15, 0.2) is 5.16 Å². The fourth-order valence-corrected chi connectivity index (χ4v) is 4.47. The predicted molar refractivity (Wildman–Crippen MR) is 119 cm³/mol. The van der Waals surface area contributed by atoms with Crippen LogP contribution in [0, 0.1) is 0 Å². The van der Waals surface area contributed by atoms with Gasteiger partial charge in [0.05, 0.1) is 35.3 Å². The van der Waals surface area contributed by atoms with Crippen molar-refractivity contribution < 1.29 is 9.53 Å². The number of nitrogens with zero attached hydrogens (tertiary/aromatic N) is 2. The topological polar surface area (TPSA) is 73.2 Å². The predicted octanol–water partition coefficient (Wildman–Crippen LogP) is 3.55. The standard InChI is InChI=1S/C23H25N3O3S/c1-16(17-8-3-2-4-9-17)24-21(27)15-30-23-25-20-12-6-5-11-19(20)22(28)26(23)14-18-10-7-13-29-18/h2-6,8-9,11-12,16,18H,7,10,13-15H2,1H3,(H,24,27)/t16-,18-/m0/s1. The lowest BCUT2D eigenvalue weighted by atomic mass is 10.1. The number of carbonyl (C=O) groups excluding carboxylic acids is 1. The number of hydrogen-bond donors (Lipinski definition) is 1. The van der Waals surface area contributed by atoms with Crippen LogP contribution in [0.3, 0.4) is 0 Å². The molecule has 156 valence electrons. The van der Waals surface area contributed by atoms with Gasteiger partial charge in [-0.05, 0) is 37.5 Å². The van der Waals surface area contributed by atoms with Crippen LogP contribution in [0.1, 0.15) is 31.4 Å². The highest BCUT2D eigenvalue weighted by Crippen LogP contribution is 2.21. The molecule has 6 nitrogen and oxygen atoms in total.